The largest absolute Gasteiger partial charge is 0.353 e. The molecule has 1 heterocycles. The van der Waals surface area contributed by atoms with Crippen LogP contribution in [-0.4, -0.2) is 30.8 Å². The van der Waals surface area contributed by atoms with Gasteiger partial charge < -0.3 is 10.6 Å². The zero-order chi connectivity index (χ0) is 13.5. The Bertz CT molecular complexity index is 425. The van der Waals surface area contributed by atoms with Crippen LogP contribution in [0.4, 0.5) is 0 Å². The van der Waals surface area contributed by atoms with Gasteiger partial charge in [-0.15, -0.1) is 24.2 Å². The van der Waals surface area contributed by atoms with Crippen LogP contribution in [0.5, 0.6) is 0 Å². The van der Waals surface area contributed by atoms with E-state index in [-0.39, 0.29) is 18.3 Å². The van der Waals surface area contributed by atoms with Crippen molar-refractivity contribution in [3.63, 3.8) is 0 Å². The first-order chi connectivity index (χ1) is 9.25. The standard InChI is InChI=1S/C14H19ClN2OS.ClH/c15-12-3-1-2-4-13(12)19-10-7-14(18)17-11-5-8-16-9-6-11;/h1-4,11,16H,5-10H2,(H,17,18);1H. The molecule has 2 N–H and O–H groups in total. The summed E-state index contributed by atoms with van der Waals surface area (Å²) in [5.74, 6) is 0.909. The molecular weight excluding hydrogens is 315 g/mol. The van der Waals surface area contributed by atoms with E-state index < -0.39 is 0 Å². The molecule has 112 valence electrons. The molecule has 20 heavy (non-hydrogen) atoms. The molecule has 2 rings (SSSR count). The number of benzene rings is 1. The Morgan fingerprint density at radius 1 is 1.35 bits per heavy atom. The molecule has 1 fully saturated rings. The number of rotatable bonds is 5. The van der Waals surface area contributed by atoms with Crippen LogP contribution in [0.3, 0.4) is 0 Å². The van der Waals surface area contributed by atoms with Crippen molar-refractivity contribution >= 4 is 41.7 Å². The first-order valence-electron chi connectivity index (χ1n) is 6.63. The van der Waals surface area contributed by atoms with Crippen molar-refractivity contribution in [2.75, 3.05) is 18.8 Å². The van der Waals surface area contributed by atoms with Gasteiger partial charge in [0, 0.05) is 23.1 Å². The van der Waals surface area contributed by atoms with Crippen LogP contribution in [0.15, 0.2) is 29.2 Å². The number of carbonyl (C=O) groups is 1. The smallest absolute Gasteiger partial charge is 0.221 e. The summed E-state index contributed by atoms with van der Waals surface area (Å²) in [5.41, 5.74) is 0. The lowest BCUT2D eigenvalue weighted by Crippen LogP contribution is -2.42. The fourth-order valence-corrected chi connectivity index (χ4v) is 3.27. The number of carbonyl (C=O) groups excluding carboxylic acids is 1. The maximum absolute atomic E-state index is 11.8. The number of hydrogen-bond acceptors (Lipinski definition) is 3. The van der Waals surface area contributed by atoms with E-state index in [9.17, 15) is 4.79 Å². The molecule has 0 unspecified atom stereocenters. The van der Waals surface area contributed by atoms with E-state index in [0.717, 1.165) is 41.6 Å². The minimum Gasteiger partial charge on any atom is -0.353 e. The second kappa shape index (κ2) is 9.50. The van der Waals surface area contributed by atoms with Crippen molar-refractivity contribution in [1.29, 1.82) is 0 Å². The van der Waals surface area contributed by atoms with E-state index in [4.69, 9.17) is 11.6 Å². The van der Waals surface area contributed by atoms with Gasteiger partial charge in [-0.05, 0) is 38.1 Å². The minimum atomic E-state index is 0. The molecule has 0 bridgehead atoms. The third-order valence-corrected chi connectivity index (χ3v) is 4.64. The lowest BCUT2D eigenvalue weighted by molar-refractivity contribution is -0.121. The lowest BCUT2D eigenvalue weighted by atomic mass is 10.1. The van der Waals surface area contributed by atoms with Gasteiger partial charge in [-0.25, -0.2) is 0 Å². The second-order valence-electron chi connectivity index (χ2n) is 4.62. The van der Waals surface area contributed by atoms with E-state index in [2.05, 4.69) is 10.6 Å². The maximum atomic E-state index is 11.8. The number of nitrogens with one attached hydrogen (secondary N) is 2. The Labute approximate surface area is 135 Å². The third-order valence-electron chi connectivity index (χ3n) is 3.13. The molecule has 6 heteroatoms. The van der Waals surface area contributed by atoms with Gasteiger partial charge in [0.05, 0.1) is 5.02 Å². The monoisotopic (exact) mass is 334 g/mol. The van der Waals surface area contributed by atoms with E-state index >= 15 is 0 Å². The van der Waals surface area contributed by atoms with Gasteiger partial charge in [0.25, 0.3) is 0 Å². The van der Waals surface area contributed by atoms with Crippen LogP contribution in [0.2, 0.25) is 5.02 Å². The molecule has 0 aromatic heterocycles. The molecule has 0 atom stereocenters. The summed E-state index contributed by atoms with van der Waals surface area (Å²) in [4.78, 5) is 12.8. The van der Waals surface area contributed by atoms with Crippen molar-refractivity contribution in [1.82, 2.24) is 10.6 Å². The highest BCUT2D eigenvalue weighted by atomic mass is 35.5. The van der Waals surface area contributed by atoms with Crippen molar-refractivity contribution in [3.05, 3.63) is 29.3 Å². The van der Waals surface area contributed by atoms with Crippen LogP contribution in [0, 0.1) is 0 Å². The molecule has 0 radical (unpaired) electrons. The first kappa shape index (κ1) is 17.6. The van der Waals surface area contributed by atoms with Gasteiger partial charge in [-0.3, -0.25) is 4.79 Å². The molecule has 1 aliphatic heterocycles. The summed E-state index contributed by atoms with van der Waals surface area (Å²) in [6.07, 6.45) is 2.60. The van der Waals surface area contributed by atoms with E-state index in [1.807, 2.05) is 24.3 Å². The normalized spacial score (nSPS) is 15.4. The summed E-state index contributed by atoms with van der Waals surface area (Å²) < 4.78 is 0. The van der Waals surface area contributed by atoms with Crippen LogP contribution in [0.1, 0.15) is 19.3 Å². The zero-order valence-corrected chi connectivity index (χ0v) is 13.6. The average Bonchev–Trinajstić information content (AvgIpc) is 2.42. The number of hydrogen-bond donors (Lipinski definition) is 2. The molecule has 0 aliphatic carbocycles. The fourth-order valence-electron chi connectivity index (χ4n) is 2.08. The quantitative estimate of drug-likeness (QED) is 0.813. The molecule has 1 aromatic rings. The van der Waals surface area contributed by atoms with Crippen LogP contribution in [0.25, 0.3) is 0 Å². The second-order valence-corrected chi connectivity index (χ2v) is 6.16. The number of thioether (sulfide) groups is 1. The number of piperidine rings is 1. The van der Waals surface area contributed by atoms with Crippen LogP contribution in [-0.2, 0) is 4.79 Å². The molecule has 3 nitrogen and oxygen atoms in total. The summed E-state index contributed by atoms with van der Waals surface area (Å²) >= 11 is 7.70. The van der Waals surface area contributed by atoms with Gasteiger partial charge >= 0.3 is 0 Å². The Morgan fingerprint density at radius 3 is 2.75 bits per heavy atom. The zero-order valence-electron chi connectivity index (χ0n) is 11.2. The minimum absolute atomic E-state index is 0. The van der Waals surface area contributed by atoms with Crippen molar-refractivity contribution in [3.8, 4) is 0 Å². The number of amides is 1. The van der Waals surface area contributed by atoms with E-state index in [1.54, 1.807) is 11.8 Å². The van der Waals surface area contributed by atoms with E-state index in [1.165, 1.54) is 0 Å². The predicted molar refractivity (Wildman–Crippen MR) is 88.1 cm³/mol. The lowest BCUT2D eigenvalue weighted by Gasteiger charge is -2.23. The first-order valence-corrected chi connectivity index (χ1v) is 7.99. The van der Waals surface area contributed by atoms with Gasteiger partial charge in [0.2, 0.25) is 5.91 Å². The highest BCUT2D eigenvalue weighted by Crippen LogP contribution is 2.26. The number of halogens is 2. The highest BCUT2D eigenvalue weighted by molar-refractivity contribution is 7.99. The third kappa shape index (κ3) is 5.92. The van der Waals surface area contributed by atoms with Crippen molar-refractivity contribution < 1.29 is 4.79 Å². The Morgan fingerprint density at radius 2 is 2.05 bits per heavy atom. The topological polar surface area (TPSA) is 41.1 Å². The molecule has 0 spiro atoms. The Kier molecular flexibility index (Phi) is 8.38. The van der Waals surface area contributed by atoms with Gasteiger partial charge in [0.15, 0.2) is 0 Å². The highest BCUT2D eigenvalue weighted by Gasteiger charge is 2.15. The summed E-state index contributed by atoms with van der Waals surface area (Å²) in [5, 5.41) is 7.14. The summed E-state index contributed by atoms with van der Waals surface area (Å²) in [6, 6.07) is 8.08. The molecule has 1 saturated heterocycles. The van der Waals surface area contributed by atoms with Crippen molar-refractivity contribution in [2.24, 2.45) is 0 Å². The van der Waals surface area contributed by atoms with Crippen LogP contribution < -0.4 is 10.6 Å². The van der Waals surface area contributed by atoms with Crippen LogP contribution >= 0.6 is 35.8 Å². The molecule has 1 amide bonds. The Balaban J connectivity index is 0.00000200. The molecular formula is C14H20Cl2N2OS. The van der Waals surface area contributed by atoms with E-state index in [0.29, 0.717) is 12.5 Å². The summed E-state index contributed by atoms with van der Waals surface area (Å²) in [7, 11) is 0. The average molecular weight is 335 g/mol. The predicted octanol–water partition coefficient (Wildman–Crippen LogP) is 3.11. The molecule has 1 aromatic carbocycles. The van der Waals surface area contributed by atoms with Gasteiger partial charge in [-0.2, -0.15) is 0 Å². The summed E-state index contributed by atoms with van der Waals surface area (Å²) in [6.45, 7) is 2.00. The van der Waals surface area contributed by atoms with Gasteiger partial charge in [0.1, 0.15) is 0 Å². The molecule has 0 saturated carbocycles. The van der Waals surface area contributed by atoms with Crippen molar-refractivity contribution in [2.45, 2.75) is 30.2 Å². The van der Waals surface area contributed by atoms with Gasteiger partial charge in [-0.1, -0.05) is 23.7 Å². The SMILES string of the molecule is Cl.O=C(CCSc1ccccc1Cl)NC1CCNCC1. The Hall–Kier alpha value is -0.420. The molecule has 1 aliphatic rings. The maximum Gasteiger partial charge on any atom is 0.221 e. The fraction of sp³-hybridized carbons (Fsp3) is 0.500.